The van der Waals surface area contributed by atoms with Gasteiger partial charge in [0.05, 0.1) is 19.5 Å². The van der Waals surface area contributed by atoms with Gasteiger partial charge < -0.3 is 50.9 Å². The summed E-state index contributed by atoms with van der Waals surface area (Å²) in [5, 5.41) is 26.5. The lowest BCUT2D eigenvalue weighted by molar-refractivity contribution is -0.137. The fourth-order valence-electron chi connectivity index (χ4n) is 5.27. The third-order valence-electron chi connectivity index (χ3n) is 8.29. The highest BCUT2D eigenvalue weighted by atomic mass is 32.2. The summed E-state index contributed by atoms with van der Waals surface area (Å²) in [4.78, 5) is 87.8. The third kappa shape index (κ3) is 16.9. The third-order valence-corrected chi connectivity index (χ3v) is 12.3. The Labute approximate surface area is 343 Å². The SMILES string of the molecule is CC(C)/C=C/CCCCC(=O)SCCNC(=O)CCNC(=O)C(O)C(C)(C)COP(=O)(O)OP(=O)(O)OCC1OC(n2cnc3c(N)ncnc32)C(O)C1OP(=O)(O)O. The Morgan fingerprint density at radius 2 is 1.73 bits per heavy atom. The van der Waals surface area contributed by atoms with Gasteiger partial charge in [0, 0.05) is 37.1 Å². The first-order valence-corrected chi connectivity index (χ1v) is 23.6. The number of aromatic nitrogens is 4. The van der Waals surface area contributed by atoms with Crippen molar-refractivity contribution in [1.82, 2.24) is 30.2 Å². The first-order chi connectivity index (χ1) is 27.4. The molecule has 0 bridgehead atoms. The quantitative estimate of drug-likeness (QED) is 0.0386. The number of fused-ring (bicyclic) bond motifs is 1. The van der Waals surface area contributed by atoms with Crippen molar-refractivity contribution in [3.05, 3.63) is 24.8 Å². The number of carbonyl (C=O) groups excluding carboxylic acids is 3. The molecule has 1 aliphatic heterocycles. The average molecular weight is 920 g/mol. The molecule has 3 heterocycles. The summed E-state index contributed by atoms with van der Waals surface area (Å²) in [6.07, 6.45) is 0.373. The Hall–Kier alpha value is -2.70. The molecule has 0 aliphatic carbocycles. The van der Waals surface area contributed by atoms with E-state index in [2.05, 4.69) is 60.4 Å². The number of hydrogen-bond acceptors (Lipinski definition) is 18. The molecule has 2 aromatic rings. The number of ether oxygens (including phenoxy) is 1. The number of thioether (sulfide) groups is 1. The monoisotopic (exact) mass is 919 g/mol. The van der Waals surface area contributed by atoms with Crippen LogP contribution in [0.5, 0.6) is 0 Å². The summed E-state index contributed by atoms with van der Waals surface area (Å²) in [6.45, 7) is 4.72. The number of phosphoric ester groups is 3. The number of unbranched alkanes of at least 4 members (excludes halogenated alkanes) is 2. The Kier molecular flexibility index (Phi) is 19.2. The number of aliphatic hydroxyl groups is 2. The van der Waals surface area contributed by atoms with E-state index in [1.54, 1.807) is 0 Å². The van der Waals surface area contributed by atoms with Crippen molar-refractivity contribution in [1.29, 1.82) is 0 Å². The van der Waals surface area contributed by atoms with Crippen LogP contribution in [-0.4, -0.2) is 123 Å². The van der Waals surface area contributed by atoms with Gasteiger partial charge in [-0.3, -0.25) is 32.5 Å². The Bertz CT molecular complexity index is 1910. The molecule has 1 fully saturated rings. The smallest absolute Gasteiger partial charge is 0.386 e. The molecule has 2 aromatic heterocycles. The molecule has 0 aromatic carbocycles. The number of imidazole rings is 1. The Balaban J connectivity index is 1.43. The molecular weight excluding hydrogens is 867 g/mol. The van der Waals surface area contributed by atoms with Crippen molar-refractivity contribution in [2.45, 2.75) is 90.4 Å². The van der Waals surface area contributed by atoms with Gasteiger partial charge >= 0.3 is 23.5 Å². The maximum atomic E-state index is 12.7. The lowest BCUT2D eigenvalue weighted by Crippen LogP contribution is -2.46. The van der Waals surface area contributed by atoms with Crippen LogP contribution in [0.15, 0.2) is 24.8 Å². The molecule has 2 amide bonds. The molecule has 334 valence electrons. The molecule has 7 unspecified atom stereocenters. The maximum Gasteiger partial charge on any atom is 0.481 e. The minimum atomic E-state index is -5.57. The number of rotatable bonds is 25. The molecule has 3 rings (SSSR count). The predicted octanol–water partition coefficient (Wildman–Crippen LogP) is 1.44. The van der Waals surface area contributed by atoms with Crippen molar-refractivity contribution in [2.75, 3.05) is 37.8 Å². The molecule has 0 saturated carbocycles. The van der Waals surface area contributed by atoms with Gasteiger partial charge in [0.25, 0.3) is 0 Å². The standard InChI is InChI=1S/C31H52N7O17P3S/c1-19(2)9-7-5-6-8-10-22(40)59-14-13-33-21(39)11-12-34-29(43)26(42)31(3,4)16-52-58(49,50)55-57(47,48)51-15-20-25(54-56(44,45)46)24(41)30(53-20)38-18-37-23-27(32)35-17-36-28(23)38/h7,9,17-20,24-26,30,41-42H,5-6,8,10-16H2,1-4H3,(H,33,39)(H,34,43)(H,47,48)(H,49,50)(H2,32,35,36)(H2,44,45,46)/b9-7+. The van der Waals surface area contributed by atoms with Crippen LogP contribution in [0, 0.1) is 11.3 Å². The van der Waals surface area contributed by atoms with Crippen LogP contribution in [0.25, 0.3) is 11.2 Å². The normalized spacial score (nSPS) is 21.4. The molecule has 1 saturated heterocycles. The molecule has 0 spiro atoms. The number of nitrogen functional groups attached to an aromatic ring is 1. The predicted molar refractivity (Wildman–Crippen MR) is 210 cm³/mol. The molecule has 0 radical (unpaired) electrons. The van der Waals surface area contributed by atoms with E-state index in [0.717, 1.165) is 48.2 Å². The van der Waals surface area contributed by atoms with E-state index in [0.29, 0.717) is 18.1 Å². The molecule has 28 heteroatoms. The zero-order valence-corrected chi connectivity index (χ0v) is 36.1. The number of allylic oxidation sites excluding steroid dienone is 2. The lowest BCUT2D eigenvalue weighted by Gasteiger charge is -2.30. The van der Waals surface area contributed by atoms with Gasteiger partial charge in [0.2, 0.25) is 11.8 Å². The highest BCUT2D eigenvalue weighted by Gasteiger charge is 2.50. The van der Waals surface area contributed by atoms with Gasteiger partial charge in [0.15, 0.2) is 22.8 Å². The number of carbonyl (C=O) groups is 3. The second-order valence-electron chi connectivity index (χ2n) is 14.2. The Morgan fingerprint density at radius 1 is 1.03 bits per heavy atom. The van der Waals surface area contributed by atoms with Crippen LogP contribution in [-0.2, 0) is 50.7 Å². The summed E-state index contributed by atoms with van der Waals surface area (Å²) in [5.41, 5.74) is 4.27. The second-order valence-corrected chi connectivity index (χ2v) is 19.6. The van der Waals surface area contributed by atoms with Crippen LogP contribution >= 0.6 is 35.2 Å². The molecule has 1 aliphatic rings. The van der Waals surface area contributed by atoms with E-state index in [4.69, 9.17) is 19.5 Å². The molecular formula is C31H52N7O17P3S. The van der Waals surface area contributed by atoms with E-state index in [-0.39, 0.29) is 41.6 Å². The van der Waals surface area contributed by atoms with E-state index in [9.17, 15) is 57.9 Å². The Morgan fingerprint density at radius 3 is 2.41 bits per heavy atom. The first kappa shape index (κ1) is 50.7. The maximum absolute atomic E-state index is 12.7. The van der Waals surface area contributed by atoms with Crippen LogP contribution in [0.1, 0.15) is 66.0 Å². The highest BCUT2D eigenvalue weighted by Crippen LogP contribution is 2.61. The number of nitrogens with one attached hydrogen (secondary N) is 2. The summed E-state index contributed by atoms with van der Waals surface area (Å²) in [5.74, 6) is -0.573. The number of amides is 2. The van der Waals surface area contributed by atoms with E-state index in [1.807, 2.05) is 0 Å². The zero-order chi connectivity index (χ0) is 44.2. The van der Waals surface area contributed by atoms with Crippen molar-refractivity contribution < 1.29 is 80.5 Å². The van der Waals surface area contributed by atoms with Gasteiger partial charge in [-0.05, 0) is 25.2 Å². The molecule has 10 N–H and O–H groups in total. The van der Waals surface area contributed by atoms with Gasteiger partial charge in [-0.1, -0.05) is 51.6 Å². The summed E-state index contributed by atoms with van der Waals surface area (Å²) in [7, 11) is -16.4. The summed E-state index contributed by atoms with van der Waals surface area (Å²) < 4.78 is 62.2. The fourth-order valence-corrected chi connectivity index (χ4v) is 8.82. The second kappa shape index (κ2) is 22.4. The molecule has 24 nitrogen and oxygen atoms in total. The largest absolute Gasteiger partial charge is 0.481 e. The number of hydrogen-bond donors (Lipinski definition) is 9. The topological polar surface area (TPSA) is 364 Å². The molecule has 7 atom stereocenters. The fraction of sp³-hybridized carbons (Fsp3) is 0.677. The first-order valence-electron chi connectivity index (χ1n) is 18.1. The lowest BCUT2D eigenvalue weighted by atomic mass is 9.87. The van der Waals surface area contributed by atoms with Gasteiger partial charge in [0.1, 0.15) is 36.3 Å². The van der Waals surface area contributed by atoms with E-state index < -0.39 is 84.6 Å². The number of nitrogens with zero attached hydrogens (tertiary/aromatic N) is 4. The highest BCUT2D eigenvalue weighted by molar-refractivity contribution is 8.13. The average Bonchev–Trinajstić information content (AvgIpc) is 3.69. The zero-order valence-electron chi connectivity index (χ0n) is 32.6. The molecule has 59 heavy (non-hydrogen) atoms. The van der Waals surface area contributed by atoms with Crippen molar-refractivity contribution in [3.8, 4) is 0 Å². The number of phosphoric acid groups is 3. The van der Waals surface area contributed by atoms with E-state index in [1.165, 1.54) is 13.8 Å². The van der Waals surface area contributed by atoms with E-state index >= 15 is 0 Å². The van der Waals surface area contributed by atoms with Gasteiger partial charge in [-0.15, -0.1) is 0 Å². The summed E-state index contributed by atoms with van der Waals surface area (Å²) in [6, 6.07) is 0. The van der Waals surface area contributed by atoms with Gasteiger partial charge in [-0.2, -0.15) is 4.31 Å². The minimum absolute atomic E-state index is 0.0314. The number of aliphatic hydroxyl groups excluding tert-OH is 2. The van der Waals surface area contributed by atoms with Crippen LogP contribution in [0.2, 0.25) is 0 Å². The van der Waals surface area contributed by atoms with Crippen LogP contribution < -0.4 is 16.4 Å². The minimum Gasteiger partial charge on any atom is -0.386 e. The van der Waals surface area contributed by atoms with Crippen molar-refractivity contribution >= 4 is 69.1 Å². The van der Waals surface area contributed by atoms with Crippen molar-refractivity contribution in [3.63, 3.8) is 0 Å². The number of anilines is 1. The summed E-state index contributed by atoms with van der Waals surface area (Å²) >= 11 is 1.12. The van der Waals surface area contributed by atoms with Crippen LogP contribution in [0.3, 0.4) is 0 Å². The van der Waals surface area contributed by atoms with Crippen molar-refractivity contribution in [2.24, 2.45) is 11.3 Å². The van der Waals surface area contributed by atoms with Gasteiger partial charge in [-0.25, -0.2) is 28.6 Å². The number of nitrogens with two attached hydrogens (primary N) is 1. The van der Waals surface area contributed by atoms with Crippen LogP contribution in [0.4, 0.5) is 5.82 Å².